The van der Waals surface area contributed by atoms with Crippen LogP contribution in [-0.2, 0) is 9.53 Å². The van der Waals surface area contributed by atoms with Crippen LogP contribution in [0.4, 0.5) is 0 Å². The van der Waals surface area contributed by atoms with E-state index in [0.717, 1.165) is 5.57 Å². The number of allylic oxidation sites excluding steroid dienone is 2. The van der Waals surface area contributed by atoms with Crippen LogP contribution >= 0.6 is 0 Å². The van der Waals surface area contributed by atoms with Gasteiger partial charge in [-0.3, -0.25) is 9.59 Å². The molecule has 1 unspecified atom stereocenters. The number of aromatic hydroxyl groups is 1. The maximum atomic E-state index is 13.6. The van der Waals surface area contributed by atoms with Crippen molar-refractivity contribution in [3.8, 4) is 11.5 Å². The second kappa shape index (κ2) is 5.15. The molecule has 6 rings (SSSR count). The number of phenolic OH excluding ortho intramolecular Hbond substituents is 1. The zero-order valence-corrected chi connectivity index (χ0v) is 16.5. The van der Waals surface area contributed by atoms with Gasteiger partial charge in [0.2, 0.25) is 0 Å². The maximum absolute atomic E-state index is 13.6. The number of ketones is 2. The topological polar surface area (TPSA) is 72.8 Å². The molecule has 3 aliphatic carbocycles. The van der Waals surface area contributed by atoms with Gasteiger partial charge in [-0.1, -0.05) is 23.8 Å². The first-order chi connectivity index (χ1) is 13.1. The number of fused-ring (bicyclic) bond motifs is 1. The Morgan fingerprint density at radius 2 is 2.04 bits per heavy atom. The smallest absolute Gasteiger partial charge is 0.200 e. The summed E-state index contributed by atoms with van der Waals surface area (Å²) in [5, 5.41) is 10.3. The van der Waals surface area contributed by atoms with E-state index in [1.54, 1.807) is 18.2 Å². The van der Waals surface area contributed by atoms with Gasteiger partial charge in [0.1, 0.15) is 17.1 Å². The fraction of sp³-hybridized carbons (Fsp3) is 0.478. The molecule has 5 heteroatoms. The van der Waals surface area contributed by atoms with Gasteiger partial charge in [0.25, 0.3) is 0 Å². The van der Waals surface area contributed by atoms with Crippen LogP contribution in [0.5, 0.6) is 11.5 Å². The Balaban J connectivity index is 1.82. The molecule has 146 valence electrons. The maximum Gasteiger partial charge on any atom is 0.200 e. The van der Waals surface area contributed by atoms with Crippen LogP contribution in [-0.4, -0.2) is 33.5 Å². The van der Waals surface area contributed by atoms with E-state index in [4.69, 9.17) is 9.47 Å². The molecule has 1 N–H and O–H groups in total. The number of hydrogen-bond acceptors (Lipinski definition) is 5. The number of phenols is 1. The average Bonchev–Trinajstić information content (AvgIpc) is 2.77. The number of carbonyl (C=O) groups excluding carboxylic acids is 2. The third-order valence-electron chi connectivity index (χ3n) is 6.90. The number of carbonyl (C=O) groups is 2. The molecule has 5 nitrogen and oxygen atoms in total. The van der Waals surface area contributed by atoms with Crippen molar-refractivity contribution in [1.29, 1.82) is 0 Å². The molecule has 28 heavy (non-hydrogen) atoms. The van der Waals surface area contributed by atoms with Crippen molar-refractivity contribution in [3.05, 3.63) is 47.1 Å². The molecule has 4 atom stereocenters. The molecular formula is C23H24O5. The Morgan fingerprint density at radius 1 is 1.29 bits per heavy atom. The summed E-state index contributed by atoms with van der Waals surface area (Å²) >= 11 is 0. The van der Waals surface area contributed by atoms with Gasteiger partial charge in [0.05, 0.1) is 5.60 Å². The van der Waals surface area contributed by atoms with Gasteiger partial charge in [0.15, 0.2) is 22.8 Å². The Kier molecular flexibility index (Phi) is 3.25. The van der Waals surface area contributed by atoms with Crippen molar-refractivity contribution in [2.24, 2.45) is 11.8 Å². The summed E-state index contributed by atoms with van der Waals surface area (Å²) in [6.07, 6.45) is 4.73. The highest BCUT2D eigenvalue weighted by Crippen LogP contribution is 2.67. The van der Waals surface area contributed by atoms with E-state index >= 15 is 0 Å². The number of benzene rings is 1. The summed E-state index contributed by atoms with van der Waals surface area (Å²) in [5.41, 5.74) is -1.29. The molecule has 2 aliphatic heterocycles. The van der Waals surface area contributed by atoms with Crippen LogP contribution < -0.4 is 4.74 Å². The summed E-state index contributed by atoms with van der Waals surface area (Å²) in [7, 11) is 0. The van der Waals surface area contributed by atoms with Gasteiger partial charge in [-0.15, -0.1) is 0 Å². The number of hydrogen-bond donors (Lipinski definition) is 1. The SMILES string of the molecule is CC(C)=CC[C@@]12OC(C)(C)C3C[C@@H](C=C4C(=O)c5c(O)cccc5O[C@]431)C2=O. The molecule has 1 aromatic rings. The first kappa shape index (κ1) is 17.7. The lowest BCUT2D eigenvalue weighted by Crippen LogP contribution is -2.72. The van der Waals surface area contributed by atoms with Gasteiger partial charge in [0, 0.05) is 23.8 Å². The summed E-state index contributed by atoms with van der Waals surface area (Å²) in [4.78, 5) is 27.0. The standard InChI is InChI=1S/C23H24O5/c1-12(2)8-9-22-20(26)13-10-14-19(25)18-15(24)6-5-7-16(18)27-23(14,22)17(11-13)21(3,4)28-22/h5-8,10,13,17,24H,9,11H2,1-4H3/t13-,17?,22+,23-/m1/s1. The van der Waals surface area contributed by atoms with Gasteiger partial charge >= 0.3 is 0 Å². The Morgan fingerprint density at radius 3 is 2.75 bits per heavy atom. The minimum Gasteiger partial charge on any atom is -0.507 e. The van der Waals surface area contributed by atoms with Crippen LogP contribution in [0.15, 0.2) is 41.5 Å². The quantitative estimate of drug-likeness (QED) is 0.791. The normalized spacial score (nSPS) is 36.4. The predicted octanol–water partition coefficient (Wildman–Crippen LogP) is 3.76. The highest BCUT2D eigenvalue weighted by atomic mass is 16.6. The van der Waals surface area contributed by atoms with Crippen LogP contribution in [0.2, 0.25) is 0 Å². The summed E-state index contributed by atoms with van der Waals surface area (Å²) in [6, 6.07) is 4.82. The van der Waals surface area contributed by atoms with Crippen molar-refractivity contribution >= 4 is 11.6 Å². The zero-order valence-electron chi connectivity index (χ0n) is 16.5. The second-order valence-corrected chi connectivity index (χ2v) is 9.17. The van der Waals surface area contributed by atoms with Crippen LogP contribution in [0.3, 0.4) is 0 Å². The molecule has 2 fully saturated rings. The van der Waals surface area contributed by atoms with Crippen LogP contribution in [0.25, 0.3) is 0 Å². The summed E-state index contributed by atoms with van der Waals surface area (Å²) in [5.74, 6) is -0.543. The predicted molar refractivity (Wildman–Crippen MR) is 102 cm³/mol. The third-order valence-corrected chi connectivity index (χ3v) is 6.90. The Hall–Kier alpha value is -2.40. The molecule has 4 bridgehead atoms. The molecule has 1 spiro atoms. The van der Waals surface area contributed by atoms with Gasteiger partial charge in [-0.2, -0.15) is 0 Å². The highest BCUT2D eigenvalue weighted by molar-refractivity contribution is 6.18. The molecular weight excluding hydrogens is 356 g/mol. The van der Waals surface area contributed by atoms with E-state index < -0.39 is 16.8 Å². The molecule has 2 heterocycles. The average molecular weight is 380 g/mol. The van der Waals surface area contributed by atoms with E-state index in [-0.39, 0.29) is 34.7 Å². The van der Waals surface area contributed by atoms with E-state index in [1.165, 1.54) is 6.07 Å². The van der Waals surface area contributed by atoms with Gasteiger partial charge < -0.3 is 14.6 Å². The molecule has 0 radical (unpaired) electrons. The van der Waals surface area contributed by atoms with Crippen LogP contribution in [0.1, 0.15) is 50.9 Å². The van der Waals surface area contributed by atoms with E-state index in [0.29, 0.717) is 24.2 Å². The van der Waals surface area contributed by atoms with Gasteiger partial charge in [-0.25, -0.2) is 0 Å². The van der Waals surface area contributed by atoms with E-state index in [1.807, 2.05) is 33.8 Å². The Labute approximate surface area is 164 Å². The summed E-state index contributed by atoms with van der Waals surface area (Å²) < 4.78 is 13.1. The molecule has 1 aromatic carbocycles. The van der Waals surface area contributed by atoms with Crippen LogP contribution in [0, 0.1) is 11.8 Å². The number of Topliss-reactive ketones (excluding diaryl/α,β-unsaturated/α-hetero) is 2. The molecule has 5 aliphatic rings. The Bertz CT molecular complexity index is 996. The van der Waals surface area contributed by atoms with E-state index in [9.17, 15) is 14.7 Å². The van der Waals surface area contributed by atoms with E-state index in [2.05, 4.69) is 0 Å². The molecule has 1 saturated heterocycles. The summed E-state index contributed by atoms with van der Waals surface area (Å²) in [6.45, 7) is 7.92. The van der Waals surface area contributed by atoms with Crippen molar-refractivity contribution < 1.29 is 24.2 Å². The molecule has 0 amide bonds. The number of ether oxygens (including phenoxy) is 2. The monoisotopic (exact) mass is 380 g/mol. The lowest BCUT2D eigenvalue weighted by Gasteiger charge is -2.56. The first-order valence-corrected chi connectivity index (χ1v) is 9.80. The van der Waals surface area contributed by atoms with Gasteiger partial charge in [-0.05, 0) is 46.2 Å². The minimum atomic E-state index is -1.23. The lowest BCUT2D eigenvalue weighted by atomic mass is 9.51. The highest BCUT2D eigenvalue weighted by Gasteiger charge is 2.81. The van der Waals surface area contributed by atoms with Crippen molar-refractivity contribution in [2.75, 3.05) is 0 Å². The lowest BCUT2D eigenvalue weighted by molar-refractivity contribution is -0.171. The second-order valence-electron chi connectivity index (χ2n) is 9.17. The third kappa shape index (κ3) is 1.81. The van der Waals surface area contributed by atoms with Crippen molar-refractivity contribution in [1.82, 2.24) is 0 Å². The zero-order chi connectivity index (χ0) is 20.1. The van der Waals surface area contributed by atoms with Crippen molar-refractivity contribution in [3.63, 3.8) is 0 Å². The largest absolute Gasteiger partial charge is 0.507 e. The fourth-order valence-electron chi connectivity index (χ4n) is 5.82. The minimum absolute atomic E-state index is 0.00743. The molecule has 0 aromatic heterocycles. The fourth-order valence-corrected chi connectivity index (χ4v) is 5.82. The number of rotatable bonds is 2. The first-order valence-electron chi connectivity index (χ1n) is 9.80. The molecule has 1 saturated carbocycles. The van der Waals surface area contributed by atoms with Crippen molar-refractivity contribution in [2.45, 2.75) is 57.3 Å².